The third-order valence-electron chi connectivity index (χ3n) is 5.73. The van der Waals surface area contributed by atoms with Crippen LogP contribution in [0.4, 0.5) is 0 Å². The molecule has 162 valence electrons. The molecule has 4 heteroatoms. The highest BCUT2D eigenvalue weighted by molar-refractivity contribution is 5.87. The predicted octanol–water partition coefficient (Wildman–Crippen LogP) is 6.48. The molecule has 4 nitrogen and oxygen atoms in total. The van der Waals surface area contributed by atoms with Gasteiger partial charge in [-0.25, -0.2) is 9.78 Å². The molecule has 0 radical (unpaired) electrons. The van der Waals surface area contributed by atoms with E-state index >= 15 is 0 Å². The summed E-state index contributed by atoms with van der Waals surface area (Å²) in [6.07, 6.45) is 2.31. The summed E-state index contributed by atoms with van der Waals surface area (Å²) in [5.41, 5.74) is 6.72. The number of benzene rings is 3. The zero-order chi connectivity index (χ0) is 22.5. The number of nitrogens with zero attached hydrogens (tertiary/aromatic N) is 2. The minimum Gasteiger partial charge on any atom is -0.477 e. The fourth-order valence-corrected chi connectivity index (χ4v) is 4.12. The first-order valence-corrected chi connectivity index (χ1v) is 11.2. The molecule has 0 atom stereocenters. The molecule has 0 aliphatic heterocycles. The number of carboxylic acid groups (broad SMARTS) is 1. The number of aromatic carboxylic acids is 1. The van der Waals surface area contributed by atoms with Crippen molar-refractivity contribution in [1.82, 2.24) is 9.55 Å². The van der Waals surface area contributed by atoms with Crippen LogP contribution < -0.4 is 0 Å². The van der Waals surface area contributed by atoms with Crippen LogP contribution in [0.15, 0.2) is 78.9 Å². The zero-order valence-electron chi connectivity index (χ0n) is 18.6. The van der Waals surface area contributed by atoms with Crippen molar-refractivity contribution in [2.45, 2.75) is 39.7 Å². The van der Waals surface area contributed by atoms with Crippen LogP contribution in [0, 0.1) is 0 Å². The summed E-state index contributed by atoms with van der Waals surface area (Å²) in [6.45, 7) is 4.55. The number of hydrogen-bond acceptors (Lipinski definition) is 2. The molecule has 0 bridgehead atoms. The van der Waals surface area contributed by atoms with Gasteiger partial charge in [-0.15, -0.1) is 0 Å². The van der Waals surface area contributed by atoms with Crippen LogP contribution in [0.2, 0.25) is 0 Å². The van der Waals surface area contributed by atoms with Crippen LogP contribution in [-0.4, -0.2) is 20.6 Å². The topological polar surface area (TPSA) is 55.1 Å². The number of rotatable bonds is 8. The number of carboxylic acids is 1. The lowest BCUT2D eigenvalue weighted by molar-refractivity contribution is 0.0684. The van der Waals surface area contributed by atoms with Gasteiger partial charge in [0.25, 0.3) is 0 Å². The first-order valence-electron chi connectivity index (χ1n) is 11.2. The highest BCUT2D eigenvalue weighted by Gasteiger charge is 2.21. The Balaban J connectivity index is 1.62. The van der Waals surface area contributed by atoms with E-state index in [0.29, 0.717) is 24.4 Å². The number of aromatic nitrogens is 2. The number of hydrogen-bond donors (Lipinski definition) is 1. The molecule has 0 aliphatic carbocycles. The second-order valence-electron chi connectivity index (χ2n) is 7.96. The number of aryl methyl sites for hydroxylation is 2. The van der Waals surface area contributed by atoms with Gasteiger partial charge in [0.15, 0.2) is 5.69 Å². The van der Waals surface area contributed by atoms with Crippen molar-refractivity contribution in [2.75, 3.05) is 0 Å². The van der Waals surface area contributed by atoms with Crippen molar-refractivity contribution >= 4 is 5.97 Å². The summed E-state index contributed by atoms with van der Waals surface area (Å²) in [5, 5.41) is 9.79. The molecule has 0 saturated heterocycles. The minimum atomic E-state index is -0.911. The molecule has 1 aromatic heterocycles. The van der Waals surface area contributed by atoms with Crippen molar-refractivity contribution in [3.8, 4) is 22.3 Å². The van der Waals surface area contributed by atoms with Gasteiger partial charge in [0, 0.05) is 13.0 Å². The third-order valence-corrected chi connectivity index (χ3v) is 5.73. The monoisotopic (exact) mass is 424 g/mol. The van der Waals surface area contributed by atoms with Gasteiger partial charge >= 0.3 is 5.97 Å². The maximum Gasteiger partial charge on any atom is 0.354 e. The molecule has 0 amide bonds. The fraction of sp³-hybridized carbons (Fsp3) is 0.214. The molecule has 0 unspecified atom stereocenters. The molecule has 0 saturated carbocycles. The summed E-state index contributed by atoms with van der Waals surface area (Å²) in [6, 6.07) is 27.3. The molecule has 4 aromatic rings. The molecule has 1 N–H and O–H groups in total. The SMILES string of the molecule is CCCc1nc(CC)c(C(=O)O)n1Cc1ccc(-c2cccc(-c3ccccc3)c2)cc1. The molecule has 0 spiro atoms. The lowest BCUT2D eigenvalue weighted by Gasteiger charge is -2.11. The molecule has 1 heterocycles. The van der Waals surface area contributed by atoms with Gasteiger partial charge in [-0.1, -0.05) is 86.6 Å². The Labute approximate surface area is 189 Å². The predicted molar refractivity (Wildman–Crippen MR) is 129 cm³/mol. The molecular weight excluding hydrogens is 396 g/mol. The van der Waals surface area contributed by atoms with E-state index in [9.17, 15) is 9.90 Å². The second kappa shape index (κ2) is 9.65. The van der Waals surface area contributed by atoms with Crippen molar-refractivity contribution < 1.29 is 9.90 Å². The highest BCUT2D eigenvalue weighted by Crippen LogP contribution is 2.27. The van der Waals surface area contributed by atoms with Crippen molar-refractivity contribution in [3.63, 3.8) is 0 Å². The van der Waals surface area contributed by atoms with E-state index in [-0.39, 0.29) is 0 Å². The average Bonchev–Trinajstić information content (AvgIpc) is 3.18. The Morgan fingerprint density at radius 1 is 0.844 bits per heavy atom. The van der Waals surface area contributed by atoms with E-state index in [1.807, 2.05) is 17.6 Å². The smallest absolute Gasteiger partial charge is 0.354 e. The van der Waals surface area contributed by atoms with E-state index in [4.69, 9.17) is 0 Å². The van der Waals surface area contributed by atoms with Gasteiger partial charge in [-0.05, 0) is 46.7 Å². The Morgan fingerprint density at radius 2 is 1.47 bits per heavy atom. The van der Waals surface area contributed by atoms with E-state index in [1.165, 1.54) is 11.1 Å². The maximum atomic E-state index is 11.9. The quantitative estimate of drug-likeness (QED) is 0.352. The zero-order valence-corrected chi connectivity index (χ0v) is 18.6. The molecular formula is C28H28N2O2. The Morgan fingerprint density at radius 3 is 2.06 bits per heavy atom. The molecule has 4 rings (SSSR count). The van der Waals surface area contributed by atoms with Gasteiger partial charge < -0.3 is 9.67 Å². The van der Waals surface area contributed by atoms with E-state index in [2.05, 4.69) is 84.7 Å². The second-order valence-corrected chi connectivity index (χ2v) is 7.96. The molecule has 32 heavy (non-hydrogen) atoms. The first kappa shape index (κ1) is 21.6. The Kier molecular flexibility index (Phi) is 6.50. The standard InChI is InChI=1S/C28H28N2O2/c1-3-9-26-29-25(4-2)27(28(31)32)30(26)19-20-14-16-22(17-15-20)24-13-8-12-23(18-24)21-10-6-5-7-11-21/h5-8,10-18H,3-4,9,19H2,1-2H3,(H,31,32). The van der Waals surface area contributed by atoms with E-state index < -0.39 is 5.97 Å². The number of carbonyl (C=O) groups is 1. The lowest BCUT2D eigenvalue weighted by Crippen LogP contribution is -2.13. The van der Waals surface area contributed by atoms with Gasteiger partial charge in [-0.2, -0.15) is 0 Å². The third kappa shape index (κ3) is 4.50. The van der Waals surface area contributed by atoms with Crippen molar-refractivity contribution in [3.05, 3.63) is 102 Å². The summed E-state index contributed by atoms with van der Waals surface area (Å²) >= 11 is 0. The van der Waals surface area contributed by atoms with Gasteiger partial charge in [0.05, 0.1) is 5.69 Å². The van der Waals surface area contributed by atoms with Crippen LogP contribution in [0.3, 0.4) is 0 Å². The largest absolute Gasteiger partial charge is 0.477 e. The van der Waals surface area contributed by atoms with Gasteiger partial charge in [-0.3, -0.25) is 0 Å². The summed E-state index contributed by atoms with van der Waals surface area (Å²) in [4.78, 5) is 16.6. The van der Waals surface area contributed by atoms with Gasteiger partial charge in [0.1, 0.15) is 5.82 Å². The minimum absolute atomic E-state index is 0.315. The van der Waals surface area contributed by atoms with Crippen LogP contribution in [-0.2, 0) is 19.4 Å². The maximum absolute atomic E-state index is 11.9. The van der Waals surface area contributed by atoms with Crippen molar-refractivity contribution in [2.24, 2.45) is 0 Å². The van der Waals surface area contributed by atoms with Crippen LogP contribution in [0.1, 0.15) is 47.8 Å². The fourth-order valence-electron chi connectivity index (χ4n) is 4.12. The Bertz CT molecular complexity index is 1210. The van der Waals surface area contributed by atoms with Crippen molar-refractivity contribution in [1.29, 1.82) is 0 Å². The van der Waals surface area contributed by atoms with E-state index in [0.717, 1.165) is 35.4 Å². The van der Waals surface area contributed by atoms with Crippen LogP contribution in [0.5, 0.6) is 0 Å². The van der Waals surface area contributed by atoms with Crippen LogP contribution >= 0.6 is 0 Å². The number of imidazole rings is 1. The normalized spacial score (nSPS) is 10.9. The highest BCUT2D eigenvalue weighted by atomic mass is 16.4. The first-order chi connectivity index (χ1) is 15.6. The Hall–Kier alpha value is -3.66. The van der Waals surface area contributed by atoms with Gasteiger partial charge in [0.2, 0.25) is 0 Å². The van der Waals surface area contributed by atoms with Crippen LogP contribution in [0.25, 0.3) is 22.3 Å². The summed E-state index contributed by atoms with van der Waals surface area (Å²) in [5.74, 6) is -0.0626. The van der Waals surface area contributed by atoms with E-state index in [1.54, 1.807) is 0 Å². The average molecular weight is 425 g/mol. The molecule has 0 fully saturated rings. The summed E-state index contributed by atoms with van der Waals surface area (Å²) < 4.78 is 1.87. The molecule has 3 aromatic carbocycles. The summed E-state index contributed by atoms with van der Waals surface area (Å²) in [7, 11) is 0. The lowest BCUT2D eigenvalue weighted by atomic mass is 9.98. The molecule has 0 aliphatic rings.